The van der Waals surface area contributed by atoms with Crippen LogP contribution in [-0.4, -0.2) is 100 Å². The third kappa shape index (κ3) is 6.85. The average Bonchev–Trinajstić information content (AvgIpc) is 3.12. The Balaban J connectivity index is 1.65. The van der Waals surface area contributed by atoms with Gasteiger partial charge in [0.15, 0.2) is 6.29 Å². The fourth-order valence-corrected chi connectivity index (χ4v) is 4.14. The molecule has 0 spiro atoms. The van der Waals surface area contributed by atoms with Crippen LogP contribution in [-0.2, 0) is 19.0 Å². The number of unbranched alkanes of at least 4 members (excludes halogenated alkanes) is 2. The first-order valence-electron chi connectivity index (χ1n) is 11.1. The SMILES string of the molecule is CC(C)O[C@@H]1C[C@@H](CO)N(C(=O)CCCCCO[C@@H]2OC(CO)[C@H](O)[C@H](O)C2C)C1. The topological polar surface area (TPSA) is 129 Å². The van der Waals surface area contributed by atoms with Gasteiger partial charge in [-0.3, -0.25) is 4.79 Å². The lowest BCUT2D eigenvalue weighted by atomic mass is 9.92. The molecule has 2 heterocycles. The highest BCUT2D eigenvalue weighted by atomic mass is 16.7. The number of hydrogen-bond acceptors (Lipinski definition) is 8. The Bertz CT molecular complexity index is 517. The number of rotatable bonds is 11. The molecule has 2 unspecified atom stereocenters. The summed E-state index contributed by atoms with van der Waals surface area (Å²) in [4.78, 5) is 14.3. The molecule has 2 aliphatic heterocycles. The highest BCUT2D eigenvalue weighted by Crippen LogP contribution is 2.27. The Morgan fingerprint density at radius 1 is 1.13 bits per heavy atom. The Hall–Kier alpha value is -0.810. The first-order chi connectivity index (χ1) is 14.3. The maximum atomic E-state index is 12.5. The average molecular weight is 434 g/mol. The van der Waals surface area contributed by atoms with E-state index < -0.39 is 30.5 Å². The van der Waals surface area contributed by atoms with Crippen LogP contribution in [0, 0.1) is 5.92 Å². The number of ether oxygens (including phenoxy) is 3. The van der Waals surface area contributed by atoms with Gasteiger partial charge in [-0.15, -0.1) is 0 Å². The quantitative estimate of drug-likeness (QED) is 0.336. The van der Waals surface area contributed by atoms with E-state index in [0.29, 0.717) is 32.4 Å². The van der Waals surface area contributed by atoms with Crippen LogP contribution in [0.2, 0.25) is 0 Å². The molecular formula is C21H39NO8. The Kier molecular flexibility index (Phi) is 10.4. The largest absolute Gasteiger partial charge is 0.394 e. The van der Waals surface area contributed by atoms with Crippen molar-refractivity contribution in [3.63, 3.8) is 0 Å². The van der Waals surface area contributed by atoms with E-state index in [-0.39, 0.29) is 37.4 Å². The van der Waals surface area contributed by atoms with Crippen LogP contribution < -0.4 is 0 Å². The van der Waals surface area contributed by atoms with Gasteiger partial charge >= 0.3 is 0 Å². The van der Waals surface area contributed by atoms with Crippen LogP contribution in [0.5, 0.6) is 0 Å². The number of carbonyl (C=O) groups excluding carboxylic acids is 1. The van der Waals surface area contributed by atoms with Crippen LogP contribution in [0.15, 0.2) is 0 Å². The van der Waals surface area contributed by atoms with E-state index in [1.807, 2.05) is 13.8 Å². The molecule has 176 valence electrons. The molecule has 0 saturated carbocycles. The van der Waals surface area contributed by atoms with Gasteiger partial charge in [0.05, 0.1) is 37.6 Å². The summed E-state index contributed by atoms with van der Waals surface area (Å²) in [7, 11) is 0. The molecule has 0 radical (unpaired) electrons. The normalized spacial score (nSPS) is 34.7. The molecule has 2 fully saturated rings. The summed E-state index contributed by atoms with van der Waals surface area (Å²) in [6.07, 6.45) is -0.286. The smallest absolute Gasteiger partial charge is 0.222 e. The van der Waals surface area contributed by atoms with E-state index in [1.54, 1.807) is 11.8 Å². The Morgan fingerprint density at radius 3 is 2.50 bits per heavy atom. The summed E-state index contributed by atoms with van der Waals surface area (Å²) in [5.74, 6) is -0.368. The second-order valence-corrected chi connectivity index (χ2v) is 8.67. The second-order valence-electron chi connectivity index (χ2n) is 8.67. The van der Waals surface area contributed by atoms with E-state index in [1.165, 1.54) is 0 Å². The second kappa shape index (κ2) is 12.3. The fraction of sp³-hybridized carbons (Fsp3) is 0.952. The number of likely N-dealkylation sites (tertiary alicyclic amines) is 1. The van der Waals surface area contributed by atoms with Crippen LogP contribution >= 0.6 is 0 Å². The third-order valence-electron chi connectivity index (χ3n) is 5.88. The summed E-state index contributed by atoms with van der Waals surface area (Å²) in [5, 5.41) is 38.7. The number of nitrogens with zero attached hydrogens (tertiary/aromatic N) is 1. The first kappa shape index (κ1) is 25.5. The molecule has 9 nitrogen and oxygen atoms in total. The standard InChI is InChI=1S/C21H39NO8/c1-13(2)29-16-9-15(11-23)22(10-16)18(25)7-5-4-6-8-28-21-14(3)19(26)20(27)17(12-24)30-21/h13-17,19-21,23-24,26-27H,4-12H2,1-3H3/t14?,15-,16+,17?,19+,20-,21+/m0/s1. The van der Waals surface area contributed by atoms with Gasteiger partial charge in [-0.05, 0) is 33.1 Å². The Morgan fingerprint density at radius 2 is 1.87 bits per heavy atom. The van der Waals surface area contributed by atoms with Crippen molar-refractivity contribution in [1.29, 1.82) is 0 Å². The lowest BCUT2D eigenvalue weighted by molar-refractivity contribution is -0.282. The molecule has 1 amide bonds. The Labute approximate surface area is 178 Å². The van der Waals surface area contributed by atoms with Gasteiger partial charge in [-0.25, -0.2) is 0 Å². The molecule has 9 heteroatoms. The zero-order valence-corrected chi connectivity index (χ0v) is 18.4. The van der Waals surface area contributed by atoms with E-state index >= 15 is 0 Å². The highest BCUT2D eigenvalue weighted by Gasteiger charge is 2.42. The van der Waals surface area contributed by atoms with Crippen molar-refractivity contribution in [3.8, 4) is 0 Å². The van der Waals surface area contributed by atoms with E-state index in [0.717, 1.165) is 12.8 Å². The van der Waals surface area contributed by atoms with Crippen LogP contribution in [0.1, 0.15) is 52.9 Å². The van der Waals surface area contributed by atoms with Crippen LogP contribution in [0.4, 0.5) is 0 Å². The molecular weight excluding hydrogens is 394 g/mol. The molecule has 2 rings (SSSR count). The van der Waals surface area contributed by atoms with Gasteiger partial charge in [-0.1, -0.05) is 13.3 Å². The molecule has 0 aromatic heterocycles. The van der Waals surface area contributed by atoms with E-state index in [4.69, 9.17) is 14.2 Å². The van der Waals surface area contributed by atoms with Gasteiger partial charge in [0, 0.05) is 25.5 Å². The molecule has 0 aromatic rings. The van der Waals surface area contributed by atoms with Crippen LogP contribution in [0.3, 0.4) is 0 Å². The minimum Gasteiger partial charge on any atom is -0.394 e. The maximum Gasteiger partial charge on any atom is 0.222 e. The summed E-state index contributed by atoms with van der Waals surface area (Å²) in [6.45, 7) is 6.15. The van der Waals surface area contributed by atoms with Crippen molar-refractivity contribution < 1.29 is 39.4 Å². The molecule has 2 saturated heterocycles. The van der Waals surface area contributed by atoms with Crippen molar-refractivity contribution in [2.24, 2.45) is 5.92 Å². The van der Waals surface area contributed by atoms with E-state index in [2.05, 4.69) is 0 Å². The van der Waals surface area contributed by atoms with Gasteiger partial charge < -0.3 is 39.5 Å². The number of aliphatic hydroxyl groups is 4. The summed E-state index contributed by atoms with van der Waals surface area (Å²) in [5.41, 5.74) is 0. The monoisotopic (exact) mass is 433 g/mol. The van der Waals surface area contributed by atoms with Gasteiger partial charge in [0.2, 0.25) is 5.91 Å². The predicted octanol–water partition coefficient (Wildman–Crippen LogP) is 0.0253. The van der Waals surface area contributed by atoms with Crippen molar-refractivity contribution in [3.05, 3.63) is 0 Å². The number of hydrogen-bond donors (Lipinski definition) is 4. The van der Waals surface area contributed by atoms with Crippen molar-refractivity contribution in [2.75, 3.05) is 26.4 Å². The van der Waals surface area contributed by atoms with Gasteiger partial charge in [-0.2, -0.15) is 0 Å². The lowest BCUT2D eigenvalue weighted by Gasteiger charge is -2.40. The zero-order chi connectivity index (χ0) is 22.3. The number of aliphatic hydroxyl groups excluding tert-OH is 4. The molecule has 4 N–H and O–H groups in total. The van der Waals surface area contributed by atoms with Crippen LogP contribution in [0.25, 0.3) is 0 Å². The highest BCUT2D eigenvalue weighted by molar-refractivity contribution is 5.76. The van der Waals surface area contributed by atoms with Crippen molar-refractivity contribution in [2.45, 2.75) is 95.7 Å². The molecule has 0 bridgehead atoms. The zero-order valence-electron chi connectivity index (χ0n) is 18.4. The molecule has 30 heavy (non-hydrogen) atoms. The fourth-order valence-electron chi connectivity index (χ4n) is 4.14. The molecule has 2 aliphatic rings. The lowest BCUT2D eigenvalue weighted by Crippen LogP contribution is -2.55. The predicted molar refractivity (Wildman–Crippen MR) is 109 cm³/mol. The number of amides is 1. The summed E-state index contributed by atoms with van der Waals surface area (Å²) in [6, 6.07) is -0.171. The van der Waals surface area contributed by atoms with Gasteiger partial charge in [0.1, 0.15) is 12.2 Å². The number of carbonyl (C=O) groups is 1. The van der Waals surface area contributed by atoms with E-state index in [9.17, 15) is 25.2 Å². The van der Waals surface area contributed by atoms with Gasteiger partial charge in [0.25, 0.3) is 0 Å². The first-order valence-corrected chi connectivity index (χ1v) is 11.1. The molecule has 0 aromatic carbocycles. The minimum absolute atomic E-state index is 0.0198. The third-order valence-corrected chi connectivity index (χ3v) is 5.88. The molecule has 0 aliphatic carbocycles. The maximum absolute atomic E-state index is 12.5. The summed E-state index contributed by atoms with van der Waals surface area (Å²) < 4.78 is 17.0. The van der Waals surface area contributed by atoms with Crippen molar-refractivity contribution >= 4 is 5.91 Å². The molecule has 7 atom stereocenters. The van der Waals surface area contributed by atoms with Crippen molar-refractivity contribution in [1.82, 2.24) is 4.90 Å². The summed E-state index contributed by atoms with van der Waals surface area (Å²) >= 11 is 0. The minimum atomic E-state index is -1.13.